The van der Waals surface area contributed by atoms with Crippen LogP contribution in [0.15, 0.2) is 18.2 Å². The number of nitro benzene ring substituents is 1. The van der Waals surface area contributed by atoms with E-state index in [-0.39, 0.29) is 5.69 Å². The number of nitrogens with one attached hydrogen (secondary N) is 1. The number of non-ortho nitro benzene ring substituents is 1. The summed E-state index contributed by atoms with van der Waals surface area (Å²) >= 11 is 0. The van der Waals surface area contributed by atoms with Crippen LogP contribution in [0.2, 0.25) is 0 Å². The fourth-order valence-corrected chi connectivity index (χ4v) is 1.08. The average Bonchev–Trinajstić information content (AvgIpc) is 2.15. The number of aliphatic hydroxyl groups excluding tert-OH is 1. The molecule has 0 aliphatic carbocycles. The summed E-state index contributed by atoms with van der Waals surface area (Å²) in [7, 11) is 0. The molecule has 0 heterocycles. The van der Waals surface area contributed by atoms with Crippen LogP contribution in [-0.2, 0) is 0 Å². The standard InChI is InChI=1S/C9H13N3O3/c1-6(13)5-11-9-3-2-7(12(14)15)4-8(9)10/h2-4,6,11,13H,5,10H2,1H3. The lowest BCUT2D eigenvalue weighted by molar-refractivity contribution is -0.384. The maximum atomic E-state index is 10.4. The lowest BCUT2D eigenvalue weighted by Crippen LogP contribution is -2.16. The number of nitrogens with zero attached hydrogens (tertiary/aromatic N) is 1. The average molecular weight is 211 g/mol. The first-order valence-corrected chi connectivity index (χ1v) is 4.46. The Labute approximate surface area is 86.9 Å². The van der Waals surface area contributed by atoms with Gasteiger partial charge in [0.1, 0.15) is 0 Å². The maximum Gasteiger partial charge on any atom is 0.271 e. The monoisotopic (exact) mass is 211 g/mol. The number of nitro groups is 1. The summed E-state index contributed by atoms with van der Waals surface area (Å²) in [5.41, 5.74) is 6.43. The first-order chi connectivity index (χ1) is 7.00. The highest BCUT2D eigenvalue weighted by atomic mass is 16.6. The molecule has 0 saturated heterocycles. The van der Waals surface area contributed by atoms with E-state index >= 15 is 0 Å². The molecule has 0 fully saturated rings. The lowest BCUT2D eigenvalue weighted by atomic mass is 10.2. The molecule has 1 aromatic rings. The molecule has 1 rings (SSSR count). The van der Waals surface area contributed by atoms with Crippen molar-refractivity contribution >= 4 is 17.1 Å². The van der Waals surface area contributed by atoms with Crippen LogP contribution >= 0.6 is 0 Å². The van der Waals surface area contributed by atoms with Gasteiger partial charge in [-0.15, -0.1) is 0 Å². The van der Waals surface area contributed by atoms with Gasteiger partial charge < -0.3 is 16.2 Å². The predicted octanol–water partition coefficient (Wildman–Crippen LogP) is 0.970. The van der Waals surface area contributed by atoms with Gasteiger partial charge in [0, 0.05) is 18.7 Å². The minimum atomic E-state index is -0.505. The first-order valence-electron chi connectivity index (χ1n) is 4.46. The van der Waals surface area contributed by atoms with Crippen LogP contribution in [0.4, 0.5) is 17.1 Å². The Morgan fingerprint density at radius 2 is 2.33 bits per heavy atom. The normalized spacial score (nSPS) is 12.1. The molecule has 6 nitrogen and oxygen atoms in total. The fraction of sp³-hybridized carbons (Fsp3) is 0.333. The second-order valence-electron chi connectivity index (χ2n) is 3.26. The van der Waals surface area contributed by atoms with E-state index in [0.717, 1.165) is 0 Å². The highest BCUT2D eigenvalue weighted by Gasteiger charge is 2.08. The molecule has 0 radical (unpaired) electrons. The van der Waals surface area contributed by atoms with Gasteiger partial charge >= 0.3 is 0 Å². The number of benzene rings is 1. The topological polar surface area (TPSA) is 101 Å². The van der Waals surface area contributed by atoms with Crippen molar-refractivity contribution in [3.63, 3.8) is 0 Å². The fourth-order valence-electron chi connectivity index (χ4n) is 1.08. The van der Waals surface area contributed by atoms with E-state index < -0.39 is 11.0 Å². The Morgan fingerprint density at radius 1 is 1.67 bits per heavy atom. The van der Waals surface area contributed by atoms with Gasteiger partial charge in [0.15, 0.2) is 0 Å². The summed E-state index contributed by atoms with van der Waals surface area (Å²) in [5, 5.41) is 22.3. The first kappa shape index (κ1) is 11.3. The molecule has 0 aromatic heterocycles. The van der Waals surface area contributed by atoms with E-state index in [1.807, 2.05) is 0 Å². The minimum absolute atomic E-state index is 0.0462. The third kappa shape index (κ3) is 3.10. The third-order valence-electron chi connectivity index (χ3n) is 1.83. The molecule has 82 valence electrons. The van der Waals surface area contributed by atoms with Gasteiger partial charge in [-0.3, -0.25) is 10.1 Å². The van der Waals surface area contributed by atoms with Crippen molar-refractivity contribution in [3.05, 3.63) is 28.3 Å². The predicted molar refractivity (Wildman–Crippen MR) is 57.7 cm³/mol. The van der Waals surface area contributed by atoms with Crippen molar-refractivity contribution in [2.45, 2.75) is 13.0 Å². The second-order valence-corrected chi connectivity index (χ2v) is 3.26. The number of nitrogens with two attached hydrogens (primary N) is 1. The number of nitrogen functional groups attached to an aromatic ring is 1. The third-order valence-corrected chi connectivity index (χ3v) is 1.83. The second kappa shape index (κ2) is 4.61. The molecule has 1 unspecified atom stereocenters. The van der Waals surface area contributed by atoms with Gasteiger partial charge in [-0.1, -0.05) is 0 Å². The van der Waals surface area contributed by atoms with Crippen LogP contribution in [0.1, 0.15) is 6.92 Å². The zero-order valence-corrected chi connectivity index (χ0v) is 8.30. The van der Waals surface area contributed by atoms with Crippen molar-refractivity contribution < 1.29 is 10.0 Å². The van der Waals surface area contributed by atoms with E-state index in [2.05, 4.69) is 5.32 Å². The van der Waals surface area contributed by atoms with Crippen molar-refractivity contribution in [1.82, 2.24) is 0 Å². The molecule has 1 aromatic carbocycles. The van der Waals surface area contributed by atoms with Crippen molar-refractivity contribution in [2.75, 3.05) is 17.6 Å². The van der Waals surface area contributed by atoms with Gasteiger partial charge in [-0.2, -0.15) is 0 Å². The van der Waals surface area contributed by atoms with Gasteiger partial charge in [0.05, 0.1) is 22.4 Å². The summed E-state index contributed by atoms with van der Waals surface area (Å²) in [4.78, 5) is 9.91. The molecular formula is C9H13N3O3. The van der Waals surface area contributed by atoms with Gasteiger partial charge in [0.25, 0.3) is 5.69 Å². The molecule has 0 aliphatic rings. The zero-order chi connectivity index (χ0) is 11.4. The molecule has 0 spiro atoms. The summed E-state index contributed by atoms with van der Waals surface area (Å²) in [6.07, 6.45) is -0.500. The molecule has 0 saturated carbocycles. The molecular weight excluding hydrogens is 198 g/mol. The van der Waals surface area contributed by atoms with E-state index in [4.69, 9.17) is 10.8 Å². The highest BCUT2D eigenvalue weighted by molar-refractivity contribution is 5.69. The van der Waals surface area contributed by atoms with Crippen molar-refractivity contribution in [2.24, 2.45) is 0 Å². The van der Waals surface area contributed by atoms with E-state index in [1.54, 1.807) is 6.92 Å². The molecule has 0 bridgehead atoms. The maximum absolute atomic E-state index is 10.4. The van der Waals surface area contributed by atoms with Crippen LogP contribution in [0.3, 0.4) is 0 Å². The molecule has 0 amide bonds. The zero-order valence-electron chi connectivity index (χ0n) is 8.30. The Balaban J connectivity index is 2.79. The number of aliphatic hydroxyl groups is 1. The van der Waals surface area contributed by atoms with Gasteiger partial charge in [0.2, 0.25) is 0 Å². The summed E-state index contributed by atoms with van der Waals surface area (Å²) in [6, 6.07) is 4.17. The number of hydrogen-bond donors (Lipinski definition) is 3. The number of anilines is 2. The highest BCUT2D eigenvalue weighted by Crippen LogP contribution is 2.23. The number of hydrogen-bond acceptors (Lipinski definition) is 5. The van der Waals surface area contributed by atoms with Crippen LogP contribution in [0.5, 0.6) is 0 Å². The van der Waals surface area contributed by atoms with Gasteiger partial charge in [-0.05, 0) is 13.0 Å². The Kier molecular flexibility index (Phi) is 3.46. The molecule has 15 heavy (non-hydrogen) atoms. The largest absolute Gasteiger partial charge is 0.397 e. The van der Waals surface area contributed by atoms with Crippen LogP contribution < -0.4 is 11.1 Å². The van der Waals surface area contributed by atoms with Gasteiger partial charge in [-0.25, -0.2) is 0 Å². The minimum Gasteiger partial charge on any atom is -0.397 e. The van der Waals surface area contributed by atoms with E-state index in [0.29, 0.717) is 17.9 Å². The van der Waals surface area contributed by atoms with Crippen molar-refractivity contribution in [1.29, 1.82) is 0 Å². The summed E-state index contributed by atoms with van der Waals surface area (Å²) in [6.45, 7) is 1.98. The van der Waals surface area contributed by atoms with Crippen LogP contribution in [-0.4, -0.2) is 22.7 Å². The van der Waals surface area contributed by atoms with E-state index in [1.165, 1.54) is 18.2 Å². The number of rotatable bonds is 4. The SMILES string of the molecule is CC(O)CNc1ccc([N+](=O)[O-])cc1N. The summed E-state index contributed by atoms with van der Waals surface area (Å²) < 4.78 is 0. The molecule has 4 N–H and O–H groups in total. The Hall–Kier alpha value is -1.82. The van der Waals surface area contributed by atoms with Crippen LogP contribution in [0.25, 0.3) is 0 Å². The Morgan fingerprint density at radius 3 is 2.80 bits per heavy atom. The van der Waals surface area contributed by atoms with Crippen LogP contribution in [0, 0.1) is 10.1 Å². The van der Waals surface area contributed by atoms with E-state index in [9.17, 15) is 10.1 Å². The Bertz CT molecular complexity index is 366. The molecule has 1 atom stereocenters. The summed E-state index contributed by atoms with van der Waals surface area (Å²) in [5.74, 6) is 0. The van der Waals surface area contributed by atoms with Crippen molar-refractivity contribution in [3.8, 4) is 0 Å². The smallest absolute Gasteiger partial charge is 0.271 e. The lowest BCUT2D eigenvalue weighted by Gasteiger charge is -2.10. The quantitative estimate of drug-likeness (QED) is 0.391. The molecule has 6 heteroatoms. The molecule has 0 aliphatic heterocycles.